The molecule has 0 aliphatic rings. The maximum absolute atomic E-state index is 11.2. The molecule has 0 unspecified atom stereocenters. The number of Topliss-reactive ketones (excluding diaryl/α,β-unsaturated/α-hetero) is 1. The Labute approximate surface area is 124 Å². The molecule has 1 aromatic carbocycles. The first kappa shape index (κ1) is 14.6. The summed E-state index contributed by atoms with van der Waals surface area (Å²) in [6, 6.07) is 12.1. The number of hydrogen-bond donors (Lipinski definition) is 0. The third kappa shape index (κ3) is 3.59. The molecule has 0 fully saturated rings. The number of rotatable bonds is 1. The van der Waals surface area contributed by atoms with Crippen LogP contribution in [0, 0.1) is 11.8 Å². The number of benzene rings is 1. The predicted molar refractivity (Wildman–Crippen MR) is 85.4 cm³/mol. The Hall–Kier alpha value is -1.85. The number of hydrogen-bond acceptors (Lipinski definition) is 2. The van der Waals surface area contributed by atoms with Crippen molar-refractivity contribution in [2.75, 3.05) is 0 Å². The topological polar surface area (TPSA) is 17.1 Å². The molecule has 1 heterocycles. The van der Waals surface area contributed by atoms with E-state index in [1.54, 1.807) is 6.92 Å². The summed E-state index contributed by atoms with van der Waals surface area (Å²) in [6.45, 7) is 8.17. The van der Waals surface area contributed by atoms with E-state index >= 15 is 0 Å². The van der Waals surface area contributed by atoms with Gasteiger partial charge in [-0.2, -0.15) is 0 Å². The van der Waals surface area contributed by atoms with E-state index in [-0.39, 0.29) is 11.2 Å². The number of thiophene rings is 1. The van der Waals surface area contributed by atoms with Gasteiger partial charge in [0.05, 0.1) is 9.75 Å². The summed E-state index contributed by atoms with van der Waals surface area (Å²) in [6.07, 6.45) is 0. The van der Waals surface area contributed by atoms with Crippen molar-refractivity contribution in [3.05, 3.63) is 57.3 Å². The van der Waals surface area contributed by atoms with E-state index in [4.69, 9.17) is 0 Å². The van der Waals surface area contributed by atoms with Gasteiger partial charge in [-0.1, -0.05) is 44.7 Å². The van der Waals surface area contributed by atoms with Crippen molar-refractivity contribution in [1.29, 1.82) is 0 Å². The van der Waals surface area contributed by atoms with Crippen molar-refractivity contribution < 1.29 is 4.79 Å². The second-order valence-electron chi connectivity index (χ2n) is 5.80. The van der Waals surface area contributed by atoms with E-state index in [2.05, 4.69) is 44.7 Å². The molecule has 0 N–H and O–H groups in total. The molecule has 0 atom stereocenters. The molecule has 0 radical (unpaired) electrons. The maximum Gasteiger partial charge on any atom is 0.169 e. The molecular formula is C18H18OS. The van der Waals surface area contributed by atoms with Crippen LogP contribution in [0.4, 0.5) is 0 Å². The predicted octanol–water partition coefficient (Wildman–Crippen LogP) is 4.65. The highest BCUT2D eigenvalue weighted by Crippen LogP contribution is 2.22. The number of carbonyl (C=O) groups is 1. The van der Waals surface area contributed by atoms with Gasteiger partial charge in [0.25, 0.3) is 0 Å². The summed E-state index contributed by atoms with van der Waals surface area (Å²) < 4.78 is 0. The van der Waals surface area contributed by atoms with Crippen molar-refractivity contribution in [2.45, 2.75) is 33.1 Å². The highest BCUT2D eigenvalue weighted by Gasteiger charge is 2.12. The highest BCUT2D eigenvalue weighted by atomic mass is 32.1. The molecule has 1 nitrogen and oxygen atoms in total. The molecule has 102 valence electrons. The van der Waals surface area contributed by atoms with Gasteiger partial charge in [0, 0.05) is 5.56 Å². The summed E-state index contributed by atoms with van der Waals surface area (Å²) in [7, 11) is 0. The van der Waals surface area contributed by atoms with Crippen LogP contribution >= 0.6 is 11.3 Å². The molecule has 1 aromatic heterocycles. The van der Waals surface area contributed by atoms with Gasteiger partial charge in [0.2, 0.25) is 0 Å². The Morgan fingerprint density at radius 2 is 1.65 bits per heavy atom. The van der Waals surface area contributed by atoms with Gasteiger partial charge in [0.15, 0.2) is 5.78 Å². The average Bonchev–Trinajstić information content (AvgIpc) is 2.85. The van der Waals surface area contributed by atoms with Gasteiger partial charge in [0.1, 0.15) is 0 Å². The van der Waals surface area contributed by atoms with Crippen LogP contribution in [0.25, 0.3) is 0 Å². The zero-order valence-corrected chi connectivity index (χ0v) is 13.1. The van der Waals surface area contributed by atoms with Gasteiger partial charge >= 0.3 is 0 Å². The van der Waals surface area contributed by atoms with Crippen molar-refractivity contribution in [3.63, 3.8) is 0 Å². The summed E-state index contributed by atoms with van der Waals surface area (Å²) in [5.74, 6) is 6.35. The minimum atomic E-state index is 0.0950. The normalized spacial score (nSPS) is 10.8. The van der Waals surface area contributed by atoms with Crippen molar-refractivity contribution in [2.24, 2.45) is 0 Å². The summed E-state index contributed by atoms with van der Waals surface area (Å²) >= 11 is 1.44. The summed E-state index contributed by atoms with van der Waals surface area (Å²) in [5, 5.41) is 0. The van der Waals surface area contributed by atoms with E-state index in [0.717, 1.165) is 15.3 Å². The second-order valence-corrected chi connectivity index (χ2v) is 6.88. The van der Waals surface area contributed by atoms with Crippen LogP contribution in [-0.2, 0) is 5.41 Å². The highest BCUT2D eigenvalue weighted by molar-refractivity contribution is 7.14. The van der Waals surface area contributed by atoms with Crippen LogP contribution in [0.15, 0.2) is 36.4 Å². The lowest BCUT2D eigenvalue weighted by Gasteiger charge is -2.18. The van der Waals surface area contributed by atoms with Crippen LogP contribution < -0.4 is 0 Å². The third-order valence-electron chi connectivity index (χ3n) is 3.03. The molecule has 2 heteroatoms. The first-order chi connectivity index (χ1) is 9.36. The average molecular weight is 282 g/mol. The molecule has 20 heavy (non-hydrogen) atoms. The first-order valence-corrected chi connectivity index (χ1v) is 7.41. The van der Waals surface area contributed by atoms with E-state index in [9.17, 15) is 4.79 Å². The van der Waals surface area contributed by atoms with E-state index in [1.807, 2.05) is 24.3 Å². The molecule has 0 saturated carbocycles. The molecule has 0 aliphatic carbocycles. The molecule has 0 bridgehead atoms. The molecule has 2 aromatic rings. The van der Waals surface area contributed by atoms with Gasteiger partial charge in [-0.3, -0.25) is 4.79 Å². The zero-order chi connectivity index (χ0) is 14.8. The number of carbonyl (C=O) groups excluding carboxylic acids is 1. The van der Waals surface area contributed by atoms with E-state index in [1.165, 1.54) is 16.9 Å². The van der Waals surface area contributed by atoms with Crippen LogP contribution in [0.1, 0.15) is 53.4 Å². The lowest BCUT2D eigenvalue weighted by atomic mass is 9.87. The Bertz CT molecular complexity index is 673. The van der Waals surface area contributed by atoms with E-state index < -0.39 is 0 Å². The van der Waals surface area contributed by atoms with Crippen molar-refractivity contribution >= 4 is 17.1 Å². The second kappa shape index (κ2) is 5.64. The molecule has 0 amide bonds. The summed E-state index contributed by atoms with van der Waals surface area (Å²) in [5.41, 5.74) is 2.46. The zero-order valence-electron chi connectivity index (χ0n) is 12.3. The van der Waals surface area contributed by atoms with Gasteiger partial charge in [-0.05, 0) is 42.2 Å². The van der Waals surface area contributed by atoms with Crippen molar-refractivity contribution in [1.82, 2.24) is 0 Å². The van der Waals surface area contributed by atoms with Crippen LogP contribution in [-0.4, -0.2) is 5.78 Å². The number of ketones is 1. The molecule has 0 aliphatic heterocycles. The fraction of sp³-hybridized carbons (Fsp3) is 0.278. The van der Waals surface area contributed by atoms with Crippen molar-refractivity contribution in [3.8, 4) is 11.8 Å². The molecular weight excluding hydrogens is 264 g/mol. The Morgan fingerprint density at radius 1 is 1.00 bits per heavy atom. The Kier molecular flexibility index (Phi) is 4.11. The fourth-order valence-electron chi connectivity index (χ4n) is 1.78. The third-order valence-corrected chi connectivity index (χ3v) is 4.14. The van der Waals surface area contributed by atoms with Gasteiger partial charge < -0.3 is 0 Å². The lowest BCUT2D eigenvalue weighted by molar-refractivity contribution is 0.102. The summed E-state index contributed by atoms with van der Waals surface area (Å²) in [4.78, 5) is 12.9. The maximum atomic E-state index is 11.2. The monoisotopic (exact) mass is 282 g/mol. The minimum absolute atomic E-state index is 0.0950. The first-order valence-electron chi connectivity index (χ1n) is 6.59. The molecule has 0 spiro atoms. The Morgan fingerprint density at radius 3 is 2.15 bits per heavy atom. The van der Waals surface area contributed by atoms with Crippen LogP contribution in [0.2, 0.25) is 0 Å². The van der Waals surface area contributed by atoms with Gasteiger partial charge in [-0.25, -0.2) is 0 Å². The van der Waals surface area contributed by atoms with Crippen LogP contribution in [0.5, 0.6) is 0 Å². The molecule has 2 rings (SSSR count). The smallest absolute Gasteiger partial charge is 0.169 e. The minimum Gasteiger partial charge on any atom is -0.294 e. The lowest BCUT2D eigenvalue weighted by Crippen LogP contribution is -2.10. The van der Waals surface area contributed by atoms with Crippen LogP contribution in [0.3, 0.4) is 0 Å². The van der Waals surface area contributed by atoms with E-state index in [0.29, 0.717) is 0 Å². The largest absolute Gasteiger partial charge is 0.294 e. The fourth-order valence-corrected chi connectivity index (χ4v) is 2.54. The standard InChI is InChI=1S/C18H18OS/c1-13(19)17-12-11-16(20-17)10-7-14-5-8-15(9-6-14)18(2,3)4/h5-6,8-9,11-12H,1-4H3. The quantitative estimate of drug-likeness (QED) is 0.550. The van der Waals surface area contributed by atoms with Gasteiger partial charge in [-0.15, -0.1) is 11.3 Å². The molecule has 0 saturated heterocycles. The SMILES string of the molecule is CC(=O)c1ccc(C#Cc2ccc(C(C)(C)C)cc2)s1. The Balaban J connectivity index is 2.18.